The molecule has 0 aliphatic carbocycles. The van der Waals surface area contributed by atoms with Crippen LogP contribution in [0.2, 0.25) is 0 Å². The summed E-state index contributed by atoms with van der Waals surface area (Å²) in [4.78, 5) is 13.7. The average Bonchev–Trinajstić information content (AvgIpc) is 3.03. The number of piperidine rings is 1. The van der Waals surface area contributed by atoms with Crippen molar-refractivity contribution in [2.45, 2.75) is 37.8 Å². The molecule has 0 bridgehead atoms. The molecule has 0 N–H and O–H groups in total. The third-order valence-electron chi connectivity index (χ3n) is 5.53. The predicted octanol–water partition coefficient (Wildman–Crippen LogP) is 3.25. The molecule has 0 saturated carbocycles. The van der Waals surface area contributed by atoms with Crippen LogP contribution in [0, 0.1) is 5.82 Å². The molecule has 24 heavy (non-hydrogen) atoms. The van der Waals surface area contributed by atoms with E-state index >= 15 is 0 Å². The summed E-state index contributed by atoms with van der Waals surface area (Å²) < 4.78 is 13.9. The average molecular weight is 326 g/mol. The Bertz CT molecular complexity index is 683. The van der Waals surface area contributed by atoms with Gasteiger partial charge in [0.25, 0.3) is 0 Å². The summed E-state index contributed by atoms with van der Waals surface area (Å²) in [7, 11) is 0. The molecule has 2 aliphatic heterocycles. The summed E-state index contributed by atoms with van der Waals surface area (Å²) in [6, 6.07) is 8.96. The van der Waals surface area contributed by atoms with Crippen molar-refractivity contribution in [2.75, 3.05) is 24.5 Å². The molecule has 126 valence electrons. The number of aromatic nitrogens is 2. The van der Waals surface area contributed by atoms with Crippen LogP contribution in [-0.2, 0) is 6.54 Å². The van der Waals surface area contributed by atoms with Crippen molar-refractivity contribution in [3.8, 4) is 0 Å². The van der Waals surface area contributed by atoms with Gasteiger partial charge in [-0.25, -0.2) is 14.4 Å². The van der Waals surface area contributed by atoms with Crippen molar-refractivity contribution >= 4 is 5.95 Å². The summed E-state index contributed by atoms with van der Waals surface area (Å²) in [5, 5.41) is 0. The zero-order valence-corrected chi connectivity index (χ0v) is 13.9. The van der Waals surface area contributed by atoms with E-state index in [4.69, 9.17) is 0 Å². The lowest BCUT2D eigenvalue weighted by Gasteiger charge is -2.45. The molecule has 4 nitrogen and oxygen atoms in total. The molecule has 1 aromatic heterocycles. The van der Waals surface area contributed by atoms with E-state index in [9.17, 15) is 4.39 Å². The van der Waals surface area contributed by atoms with Crippen LogP contribution in [0.25, 0.3) is 0 Å². The highest BCUT2D eigenvalue weighted by molar-refractivity contribution is 5.37. The van der Waals surface area contributed by atoms with E-state index < -0.39 is 0 Å². The largest absolute Gasteiger partial charge is 0.335 e. The first kappa shape index (κ1) is 15.5. The number of likely N-dealkylation sites (tertiary alicyclic amines) is 1. The molecule has 0 unspecified atom stereocenters. The van der Waals surface area contributed by atoms with E-state index in [1.807, 2.05) is 30.6 Å². The van der Waals surface area contributed by atoms with E-state index in [0.29, 0.717) is 6.54 Å². The van der Waals surface area contributed by atoms with Crippen molar-refractivity contribution in [1.82, 2.24) is 14.9 Å². The van der Waals surface area contributed by atoms with Crippen LogP contribution in [0.3, 0.4) is 0 Å². The number of hydrogen-bond donors (Lipinski definition) is 0. The van der Waals surface area contributed by atoms with Crippen LogP contribution < -0.4 is 4.90 Å². The lowest BCUT2D eigenvalue weighted by molar-refractivity contribution is 0.154. The number of nitrogens with zero attached hydrogens (tertiary/aromatic N) is 4. The molecule has 5 heteroatoms. The number of benzene rings is 1. The van der Waals surface area contributed by atoms with Gasteiger partial charge in [-0.1, -0.05) is 18.2 Å². The molecule has 3 heterocycles. The third-order valence-corrected chi connectivity index (χ3v) is 5.53. The van der Waals surface area contributed by atoms with Gasteiger partial charge >= 0.3 is 0 Å². The summed E-state index contributed by atoms with van der Waals surface area (Å²) in [6.07, 6.45) is 8.24. The second-order valence-corrected chi connectivity index (χ2v) is 6.90. The third kappa shape index (κ3) is 2.88. The second kappa shape index (κ2) is 6.48. The Morgan fingerprint density at radius 2 is 1.71 bits per heavy atom. The van der Waals surface area contributed by atoms with Gasteiger partial charge in [-0.15, -0.1) is 0 Å². The van der Waals surface area contributed by atoms with Crippen LogP contribution in [0.5, 0.6) is 0 Å². The summed E-state index contributed by atoms with van der Waals surface area (Å²) in [6.45, 7) is 3.73. The molecule has 2 saturated heterocycles. The van der Waals surface area contributed by atoms with Crippen molar-refractivity contribution in [3.05, 3.63) is 54.1 Å². The van der Waals surface area contributed by atoms with E-state index in [-0.39, 0.29) is 11.4 Å². The van der Waals surface area contributed by atoms with Crippen LogP contribution in [0.15, 0.2) is 42.7 Å². The van der Waals surface area contributed by atoms with E-state index in [1.54, 1.807) is 12.1 Å². The molecular weight excluding hydrogens is 303 g/mol. The van der Waals surface area contributed by atoms with E-state index in [0.717, 1.165) is 44.0 Å². The quantitative estimate of drug-likeness (QED) is 0.867. The van der Waals surface area contributed by atoms with Gasteiger partial charge in [-0.05, 0) is 37.8 Å². The molecule has 0 amide bonds. The predicted molar refractivity (Wildman–Crippen MR) is 92.3 cm³/mol. The molecular formula is C19H23FN4. The van der Waals surface area contributed by atoms with Crippen LogP contribution >= 0.6 is 0 Å². The van der Waals surface area contributed by atoms with Gasteiger partial charge in [0.15, 0.2) is 0 Å². The van der Waals surface area contributed by atoms with Gasteiger partial charge in [-0.3, -0.25) is 4.90 Å². The highest BCUT2D eigenvalue weighted by Crippen LogP contribution is 2.40. The van der Waals surface area contributed by atoms with Crippen molar-refractivity contribution in [2.24, 2.45) is 0 Å². The molecule has 4 rings (SSSR count). The Balaban J connectivity index is 1.44. The number of anilines is 1. The minimum absolute atomic E-state index is 0.0991. The molecule has 2 aliphatic rings. The van der Waals surface area contributed by atoms with Gasteiger partial charge < -0.3 is 4.90 Å². The van der Waals surface area contributed by atoms with Gasteiger partial charge in [0.05, 0.1) is 0 Å². The smallest absolute Gasteiger partial charge is 0.225 e. The highest BCUT2D eigenvalue weighted by atomic mass is 19.1. The fraction of sp³-hybridized carbons (Fsp3) is 0.474. The molecule has 0 radical (unpaired) electrons. The van der Waals surface area contributed by atoms with Gasteiger partial charge in [-0.2, -0.15) is 0 Å². The Morgan fingerprint density at radius 1 is 0.958 bits per heavy atom. The first-order valence-electron chi connectivity index (χ1n) is 8.77. The Labute approximate surface area is 142 Å². The molecule has 2 fully saturated rings. The second-order valence-electron chi connectivity index (χ2n) is 6.90. The monoisotopic (exact) mass is 326 g/mol. The van der Waals surface area contributed by atoms with Gasteiger partial charge in [0.1, 0.15) is 5.82 Å². The first-order valence-corrected chi connectivity index (χ1v) is 8.77. The Morgan fingerprint density at radius 3 is 2.46 bits per heavy atom. The van der Waals surface area contributed by atoms with Crippen molar-refractivity contribution < 1.29 is 4.39 Å². The zero-order chi connectivity index (χ0) is 16.4. The SMILES string of the molecule is Fc1ccccc1CN1CCC2(CCCN2c2ncccn2)CC1. The first-order chi connectivity index (χ1) is 11.8. The molecule has 1 aromatic carbocycles. The summed E-state index contributed by atoms with van der Waals surface area (Å²) >= 11 is 0. The van der Waals surface area contributed by atoms with E-state index in [1.165, 1.54) is 12.8 Å². The normalized spacial score (nSPS) is 20.6. The summed E-state index contributed by atoms with van der Waals surface area (Å²) in [5.74, 6) is 0.760. The van der Waals surface area contributed by atoms with Crippen molar-refractivity contribution in [3.63, 3.8) is 0 Å². The maximum absolute atomic E-state index is 13.9. The fourth-order valence-electron chi connectivity index (χ4n) is 4.20. The molecule has 2 aromatic rings. The number of rotatable bonds is 3. The minimum Gasteiger partial charge on any atom is -0.335 e. The zero-order valence-electron chi connectivity index (χ0n) is 13.9. The number of hydrogen-bond acceptors (Lipinski definition) is 4. The Hall–Kier alpha value is -2.01. The van der Waals surface area contributed by atoms with Gasteiger partial charge in [0.2, 0.25) is 5.95 Å². The lowest BCUT2D eigenvalue weighted by Crippen LogP contribution is -2.52. The fourth-order valence-corrected chi connectivity index (χ4v) is 4.20. The molecule has 1 spiro atoms. The van der Waals surface area contributed by atoms with E-state index in [2.05, 4.69) is 19.8 Å². The Kier molecular flexibility index (Phi) is 4.19. The number of halogens is 1. The maximum atomic E-state index is 13.9. The standard InChI is InChI=1S/C19H23FN4/c20-17-6-2-1-5-16(17)15-23-13-8-19(9-14-23)7-3-12-24(19)18-21-10-4-11-22-18/h1-2,4-6,10-11H,3,7-9,12-15H2. The molecule has 0 atom stereocenters. The highest BCUT2D eigenvalue weighted by Gasteiger charge is 2.44. The van der Waals surface area contributed by atoms with Gasteiger partial charge in [0, 0.05) is 49.7 Å². The topological polar surface area (TPSA) is 32.3 Å². The van der Waals surface area contributed by atoms with Crippen LogP contribution in [-0.4, -0.2) is 40.0 Å². The minimum atomic E-state index is -0.0991. The van der Waals surface area contributed by atoms with Crippen LogP contribution in [0.1, 0.15) is 31.2 Å². The van der Waals surface area contributed by atoms with Crippen LogP contribution in [0.4, 0.5) is 10.3 Å². The lowest BCUT2D eigenvalue weighted by atomic mass is 9.85. The summed E-state index contributed by atoms with van der Waals surface area (Å²) in [5.41, 5.74) is 0.982. The maximum Gasteiger partial charge on any atom is 0.225 e. The van der Waals surface area contributed by atoms with Crippen molar-refractivity contribution in [1.29, 1.82) is 0 Å².